The smallest absolute Gasteiger partial charge is 0.193 e. The van der Waals surface area contributed by atoms with E-state index in [1.54, 1.807) is 0 Å². The molecule has 0 aromatic carbocycles. The fourth-order valence-electron chi connectivity index (χ4n) is 2.17. The Morgan fingerprint density at radius 2 is 2.19 bits per heavy atom. The summed E-state index contributed by atoms with van der Waals surface area (Å²) in [6.07, 6.45) is 2.79. The minimum atomic E-state index is 0. The van der Waals surface area contributed by atoms with E-state index in [1.807, 2.05) is 0 Å². The average molecular weight is 338 g/mol. The predicted molar refractivity (Wildman–Crippen MR) is 78.5 cm³/mol. The van der Waals surface area contributed by atoms with Gasteiger partial charge in [-0.3, -0.25) is 4.99 Å². The zero-order valence-corrected chi connectivity index (χ0v) is 12.8. The van der Waals surface area contributed by atoms with E-state index in [4.69, 9.17) is 0 Å². The van der Waals surface area contributed by atoms with Crippen molar-refractivity contribution in [1.29, 1.82) is 0 Å². The van der Waals surface area contributed by atoms with Gasteiger partial charge in [-0.1, -0.05) is 0 Å². The summed E-state index contributed by atoms with van der Waals surface area (Å²) in [6.45, 7) is 3.02. The molecule has 2 aliphatic rings. The topological polar surface area (TPSA) is 30.9 Å². The molecule has 1 heterocycles. The van der Waals surface area contributed by atoms with Gasteiger partial charge in [0.15, 0.2) is 5.96 Å². The van der Waals surface area contributed by atoms with Crippen molar-refractivity contribution in [1.82, 2.24) is 15.1 Å². The van der Waals surface area contributed by atoms with Crippen molar-refractivity contribution in [3.63, 3.8) is 0 Å². The highest BCUT2D eigenvalue weighted by molar-refractivity contribution is 14.0. The number of halogens is 1. The Kier molecular flexibility index (Phi) is 5.30. The first-order valence-corrected chi connectivity index (χ1v) is 5.84. The number of likely N-dealkylation sites (N-methyl/N-ethyl adjacent to an activating group) is 2. The van der Waals surface area contributed by atoms with E-state index in [0.29, 0.717) is 6.04 Å². The lowest BCUT2D eigenvalue weighted by molar-refractivity contribution is 0.262. The van der Waals surface area contributed by atoms with Gasteiger partial charge in [0.05, 0.1) is 6.54 Å². The summed E-state index contributed by atoms with van der Waals surface area (Å²) in [5.74, 6) is 1.97. The molecule has 1 aliphatic heterocycles. The number of nitrogens with one attached hydrogen (secondary N) is 1. The lowest BCUT2D eigenvalue weighted by Gasteiger charge is -2.26. The second-order valence-electron chi connectivity index (χ2n) is 4.88. The molecule has 1 aliphatic carbocycles. The van der Waals surface area contributed by atoms with Gasteiger partial charge in [-0.2, -0.15) is 0 Å². The first-order chi connectivity index (χ1) is 7.18. The Balaban J connectivity index is 0.00000128. The Morgan fingerprint density at radius 1 is 1.50 bits per heavy atom. The molecule has 0 aromatic rings. The molecule has 1 unspecified atom stereocenters. The van der Waals surface area contributed by atoms with Crippen molar-refractivity contribution in [2.75, 3.05) is 40.8 Å². The highest BCUT2D eigenvalue weighted by Gasteiger charge is 2.32. The second-order valence-corrected chi connectivity index (χ2v) is 4.88. The molecule has 0 amide bonds. The Morgan fingerprint density at radius 3 is 2.62 bits per heavy atom. The Labute approximate surface area is 115 Å². The van der Waals surface area contributed by atoms with Crippen molar-refractivity contribution in [2.45, 2.75) is 18.9 Å². The van der Waals surface area contributed by atoms with Gasteiger partial charge in [0, 0.05) is 26.2 Å². The number of hydrogen-bond acceptors (Lipinski definition) is 4. The maximum absolute atomic E-state index is 4.44. The summed E-state index contributed by atoms with van der Waals surface area (Å²) in [6, 6.07) is 0.668. The summed E-state index contributed by atoms with van der Waals surface area (Å²) >= 11 is 0. The number of hydrogen-bond donors (Lipinski definition) is 1. The largest absolute Gasteiger partial charge is 0.355 e. The molecule has 16 heavy (non-hydrogen) atoms. The zero-order valence-electron chi connectivity index (χ0n) is 10.4. The third-order valence-corrected chi connectivity index (χ3v) is 3.36. The van der Waals surface area contributed by atoms with E-state index in [-0.39, 0.29) is 24.0 Å². The molecule has 0 spiro atoms. The van der Waals surface area contributed by atoms with Crippen LogP contribution in [0.3, 0.4) is 0 Å². The van der Waals surface area contributed by atoms with E-state index in [9.17, 15) is 0 Å². The van der Waals surface area contributed by atoms with Crippen molar-refractivity contribution in [3.05, 3.63) is 0 Å². The summed E-state index contributed by atoms with van der Waals surface area (Å²) < 4.78 is 0. The zero-order chi connectivity index (χ0) is 10.8. The second kappa shape index (κ2) is 6.05. The first-order valence-electron chi connectivity index (χ1n) is 5.84. The third-order valence-electron chi connectivity index (χ3n) is 3.36. The van der Waals surface area contributed by atoms with Gasteiger partial charge in [-0.25, -0.2) is 0 Å². The lowest BCUT2D eigenvalue weighted by Crippen LogP contribution is -2.45. The van der Waals surface area contributed by atoms with E-state index in [0.717, 1.165) is 31.5 Å². The van der Waals surface area contributed by atoms with Crippen molar-refractivity contribution in [2.24, 2.45) is 10.9 Å². The van der Waals surface area contributed by atoms with Crippen LogP contribution in [-0.4, -0.2) is 62.6 Å². The maximum atomic E-state index is 4.44. The number of nitrogens with zero attached hydrogens (tertiary/aromatic N) is 3. The van der Waals surface area contributed by atoms with Crippen molar-refractivity contribution in [3.8, 4) is 0 Å². The highest BCUT2D eigenvalue weighted by atomic mass is 127. The summed E-state index contributed by atoms with van der Waals surface area (Å²) in [5, 5.41) is 3.47. The molecule has 5 heteroatoms. The minimum absolute atomic E-state index is 0. The molecule has 2 rings (SSSR count). The van der Waals surface area contributed by atoms with Crippen LogP contribution in [0.5, 0.6) is 0 Å². The van der Waals surface area contributed by atoms with Gasteiger partial charge in [-0.05, 0) is 32.9 Å². The van der Waals surface area contributed by atoms with E-state index in [2.05, 4.69) is 41.3 Å². The summed E-state index contributed by atoms with van der Waals surface area (Å²) in [5.41, 5.74) is 0. The van der Waals surface area contributed by atoms with Crippen LogP contribution in [0.1, 0.15) is 12.8 Å². The summed E-state index contributed by atoms with van der Waals surface area (Å²) in [7, 11) is 6.44. The lowest BCUT2D eigenvalue weighted by atomic mass is 10.1. The molecule has 0 radical (unpaired) electrons. The molecular formula is C11H23IN4. The molecule has 1 atom stereocenters. The van der Waals surface area contributed by atoms with Crippen molar-refractivity contribution < 1.29 is 0 Å². The molecule has 0 bridgehead atoms. The predicted octanol–water partition coefficient (Wildman–Crippen LogP) is 0.836. The van der Waals surface area contributed by atoms with Gasteiger partial charge < -0.3 is 15.1 Å². The first kappa shape index (κ1) is 14.0. The van der Waals surface area contributed by atoms with Crippen LogP contribution in [0, 0.1) is 5.92 Å². The monoisotopic (exact) mass is 338 g/mol. The standard InChI is InChI=1S/C11H22N4.HI/c1-14(2)10(9-4-5-9)8-13-11-12-6-7-15(11)3;/h9-10H,4-8H2,1-3H3,(H,12,13);1H. The number of rotatable bonds is 4. The van der Waals surface area contributed by atoms with Gasteiger partial charge in [0.2, 0.25) is 0 Å². The fraction of sp³-hybridized carbons (Fsp3) is 0.909. The van der Waals surface area contributed by atoms with Crippen LogP contribution in [0.4, 0.5) is 0 Å². The van der Waals surface area contributed by atoms with Gasteiger partial charge >= 0.3 is 0 Å². The third kappa shape index (κ3) is 3.48. The summed E-state index contributed by atoms with van der Waals surface area (Å²) in [4.78, 5) is 8.97. The number of guanidine groups is 1. The quantitative estimate of drug-likeness (QED) is 0.771. The molecule has 0 saturated heterocycles. The van der Waals surface area contributed by atoms with Gasteiger partial charge in [0.1, 0.15) is 0 Å². The average Bonchev–Trinajstić information content (AvgIpc) is 2.92. The Hall–Kier alpha value is -0.0400. The molecule has 0 aromatic heterocycles. The van der Waals surface area contributed by atoms with Crippen LogP contribution in [0.2, 0.25) is 0 Å². The van der Waals surface area contributed by atoms with Crippen molar-refractivity contribution >= 4 is 29.9 Å². The maximum Gasteiger partial charge on any atom is 0.193 e. The van der Waals surface area contributed by atoms with E-state index >= 15 is 0 Å². The van der Waals surface area contributed by atoms with E-state index < -0.39 is 0 Å². The van der Waals surface area contributed by atoms with Gasteiger partial charge in [-0.15, -0.1) is 24.0 Å². The van der Waals surface area contributed by atoms with E-state index in [1.165, 1.54) is 12.8 Å². The van der Waals surface area contributed by atoms with Crippen LogP contribution >= 0.6 is 24.0 Å². The van der Waals surface area contributed by atoms with Crippen LogP contribution in [0.15, 0.2) is 4.99 Å². The molecule has 94 valence electrons. The minimum Gasteiger partial charge on any atom is -0.355 e. The molecule has 1 N–H and O–H groups in total. The number of aliphatic imine (C=N–C) groups is 1. The Bertz CT molecular complexity index is 248. The fourth-order valence-corrected chi connectivity index (χ4v) is 2.17. The molecule has 1 fully saturated rings. The molecular weight excluding hydrogens is 315 g/mol. The SMILES string of the molecule is CN1CCN=C1NCC(C1CC1)N(C)C.I. The van der Waals surface area contributed by atoms with Crippen LogP contribution in [-0.2, 0) is 0 Å². The van der Waals surface area contributed by atoms with Crippen LogP contribution < -0.4 is 5.32 Å². The molecule has 1 saturated carbocycles. The van der Waals surface area contributed by atoms with Gasteiger partial charge in [0.25, 0.3) is 0 Å². The highest BCUT2D eigenvalue weighted by Crippen LogP contribution is 2.34. The normalized spacial score (nSPS) is 21.8. The van der Waals surface area contributed by atoms with Crippen LogP contribution in [0.25, 0.3) is 0 Å². The molecule has 4 nitrogen and oxygen atoms in total.